The Labute approximate surface area is 152 Å². The summed E-state index contributed by atoms with van der Waals surface area (Å²) in [6, 6.07) is 5.48. The van der Waals surface area contributed by atoms with Crippen molar-refractivity contribution in [2.45, 2.75) is 44.7 Å². The molecule has 2 fully saturated rings. The topological polar surface area (TPSA) is 81.7 Å². The highest BCUT2D eigenvalue weighted by molar-refractivity contribution is 6.31. The maximum atomic E-state index is 12.1. The van der Waals surface area contributed by atoms with Crippen LogP contribution in [0.4, 0.5) is 10.5 Å². The summed E-state index contributed by atoms with van der Waals surface area (Å²) in [7, 11) is 0. The normalized spacial score (nSPS) is 22.4. The molecule has 0 atom stereocenters. The lowest BCUT2D eigenvalue weighted by molar-refractivity contribution is -0.139. The van der Waals surface area contributed by atoms with Gasteiger partial charge in [0.05, 0.1) is 6.54 Å². The molecule has 2 saturated carbocycles. The number of amides is 2. The number of nitrogens with one attached hydrogen (secondary N) is 2. The maximum absolute atomic E-state index is 12.1. The number of carbonyl (C=O) groups excluding carboxylic acids is 1. The van der Waals surface area contributed by atoms with Crippen LogP contribution in [-0.4, -0.2) is 47.2 Å². The Morgan fingerprint density at radius 2 is 2.04 bits per heavy atom. The molecule has 0 aromatic heterocycles. The molecule has 1 aromatic carbocycles. The van der Waals surface area contributed by atoms with Crippen LogP contribution < -0.4 is 10.6 Å². The van der Waals surface area contributed by atoms with Crippen LogP contribution in [0.1, 0.15) is 31.2 Å². The highest BCUT2D eigenvalue weighted by atomic mass is 35.5. The average molecular weight is 366 g/mol. The fraction of sp³-hybridized carbons (Fsp3) is 0.556. The van der Waals surface area contributed by atoms with Gasteiger partial charge in [-0.05, 0) is 56.2 Å². The zero-order valence-corrected chi connectivity index (χ0v) is 15.1. The highest BCUT2D eigenvalue weighted by Crippen LogP contribution is 2.33. The van der Waals surface area contributed by atoms with E-state index >= 15 is 0 Å². The van der Waals surface area contributed by atoms with E-state index in [1.54, 1.807) is 6.07 Å². The molecule has 7 heteroatoms. The molecule has 6 nitrogen and oxygen atoms in total. The van der Waals surface area contributed by atoms with Crippen LogP contribution in [0.15, 0.2) is 18.2 Å². The van der Waals surface area contributed by atoms with Gasteiger partial charge in [0.2, 0.25) is 0 Å². The Morgan fingerprint density at radius 3 is 2.64 bits per heavy atom. The molecule has 0 radical (unpaired) electrons. The predicted octanol–water partition coefficient (Wildman–Crippen LogP) is 3.10. The van der Waals surface area contributed by atoms with Crippen molar-refractivity contribution in [3.8, 4) is 0 Å². The third-order valence-corrected chi connectivity index (χ3v) is 5.33. The zero-order valence-electron chi connectivity index (χ0n) is 14.3. The maximum Gasteiger partial charge on any atom is 0.319 e. The summed E-state index contributed by atoms with van der Waals surface area (Å²) in [6.45, 7) is 2.85. The summed E-state index contributed by atoms with van der Waals surface area (Å²) in [5.74, 6) is -0.132. The first-order chi connectivity index (χ1) is 11.9. The second-order valence-corrected chi connectivity index (χ2v) is 7.56. The first-order valence-corrected chi connectivity index (χ1v) is 9.08. The Morgan fingerprint density at radius 1 is 1.32 bits per heavy atom. The number of aryl methyl sites for hydroxylation is 1. The summed E-state index contributed by atoms with van der Waals surface area (Å²) in [5.41, 5.74) is 1.62. The monoisotopic (exact) mass is 365 g/mol. The van der Waals surface area contributed by atoms with Crippen LogP contribution >= 0.6 is 11.6 Å². The number of carboxylic acid groups (broad SMARTS) is 1. The summed E-state index contributed by atoms with van der Waals surface area (Å²) < 4.78 is 0. The van der Waals surface area contributed by atoms with Crippen molar-refractivity contribution >= 4 is 29.3 Å². The van der Waals surface area contributed by atoms with Crippen LogP contribution in [0, 0.1) is 12.8 Å². The number of anilines is 1. The van der Waals surface area contributed by atoms with Crippen LogP contribution in [0.2, 0.25) is 5.02 Å². The Balaban J connectivity index is 1.44. The molecule has 0 bridgehead atoms. The largest absolute Gasteiger partial charge is 0.480 e. The average Bonchev–Trinajstić information content (AvgIpc) is 3.29. The molecular formula is C18H24ClN3O3. The van der Waals surface area contributed by atoms with Gasteiger partial charge in [-0.15, -0.1) is 0 Å². The Bertz CT molecular complexity index is 657. The van der Waals surface area contributed by atoms with Gasteiger partial charge in [-0.25, -0.2) is 4.79 Å². The van der Waals surface area contributed by atoms with E-state index in [4.69, 9.17) is 16.7 Å². The second-order valence-electron chi connectivity index (χ2n) is 7.15. The molecule has 0 saturated heterocycles. The van der Waals surface area contributed by atoms with Gasteiger partial charge in [0.15, 0.2) is 0 Å². The number of aliphatic carboxylic acids is 1. The quantitative estimate of drug-likeness (QED) is 0.693. The van der Waals surface area contributed by atoms with E-state index in [-0.39, 0.29) is 24.7 Å². The van der Waals surface area contributed by atoms with E-state index < -0.39 is 5.97 Å². The van der Waals surface area contributed by atoms with Gasteiger partial charge in [0, 0.05) is 29.3 Å². The molecule has 25 heavy (non-hydrogen) atoms. The van der Waals surface area contributed by atoms with E-state index in [1.807, 2.05) is 19.1 Å². The molecule has 2 amide bonds. The third-order valence-electron chi connectivity index (χ3n) is 4.92. The van der Waals surface area contributed by atoms with E-state index in [2.05, 4.69) is 15.5 Å². The second kappa shape index (κ2) is 7.62. The fourth-order valence-corrected chi connectivity index (χ4v) is 3.36. The van der Waals surface area contributed by atoms with Crippen molar-refractivity contribution in [1.82, 2.24) is 10.2 Å². The Kier molecular flexibility index (Phi) is 5.49. The number of urea groups is 1. The molecule has 0 aliphatic heterocycles. The smallest absolute Gasteiger partial charge is 0.319 e. The summed E-state index contributed by atoms with van der Waals surface area (Å²) >= 11 is 6.06. The molecule has 0 spiro atoms. The van der Waals surface area contributed by atoms with Crippen molar-refractivity contribution in [1.29, 1.82) is 0 Å². The van der Waals surface area contributed by atoms with Crippen LogP contribution in [0.3, 0.4) is 0 Å². The van der Waals surface area contributed by atoms with Crippen LogP contribution in [0.25, 0.3) is 0 Å². The zero-order chi connectivity index (χ0) is 18.0. The van der Waals surface area contributed by atoms with Crippen molar-refractivity contribution in [3.05, 3.63) is 28.8 Å². The number of benzene rings is 1. The summed E-state index contributed by atoms with van der Waals surface area (Å²) in [4.78, 5) is 25.2. The summed E-state index contributed by atoms with van der Waals surface area (Å²) in [6.07, 6.45) is 3.99. The molecule has 3 N–H and O–H groups in total. The lowest BCUT2D eigenvalue weighted by Gasteiger charge is -2.42. The minimum Gasteiger partial charge on any atom is -0.480 e. The number of hydrogen-bond donors (Lipinski definition) is 3. The van der Waals surface area contributed by atoms with Gasteiger partial charge in [-0.1, -0.05) is 17.7 Å². The van der Waals surface area contributed by atoms with Gasteiger partial charge < -0.3 is 15.7 Å². The fourth-order valence-electron chi connectivity index (χ4n) is 3.18. The predicted molar refractivity (Wildman–Crippen MR) is 97.1 cm³/mol. The van der Waals surface area contributed by atoms with Gasteiger partial charge in [-0.2, -0.15) is 0 Å². The lowest BCUT2D eigenvalue weighted by atomic mass is 9.85. The Hall–Kier alpha value is -1.79. The molecule has 0 unspecified atom stereocenters. The number of nitrogens with zero attached hydrogens (tertiary/aromatic N) is 1. The van der Waals surface area contributed by atoms with Gasteiger partial charge in [0.25, 0.3) is 0 Å². The highest BCUT2D eigenvalue weighted by Gasteiger charge is 2.37. The summed E-state index contributed by atoms with van der Waals surface area (Å²) in [5, 5.41) is 15.4. The molecule has 0 heterocycles. The minimum absolute atomic E-state index is 0.0846. The number of rotatable bonds is 7. The minimum atomic E-state index is -0.786. The van der Waals surface area contributed by atoms with E-state index in [0.29, 0.717) is 16.6 Å². The van der Waals surface area contributed by atoms with E-state index in [9.17, 15) is 9.59 Å². The SMILES string of the molecule is Cc1ccc(NC(=O)NC2CC(N(CC(=O)O)CC3CC3)C2)cc1Cl. The number of carboxylic acids is 1. The number of carbonyl (C=O) groups is 2. The van der Waals surface area contributed by atoms with Crippen molar-refractivity contribution in [2.75, 3.05) is 18.4 Å². The lowest BCUT2D eigenvalue weighted by Crippen LogP contribution is -2.55. The molecule has 136 valence electrons. The molecule has 1 aromatic rings. The van der Waals surface area contributed by atoms with E-state index in [0.717, 1.165) is 24.9 Å². The standard InChI is InChI=1S/C18H24ClN3O3/c1-11-2-5-13(8-16(11)19)20-18(25)21-14-6-15(7-14)22(10-17(23)24)9-12-3-4-12/h2,5,8,12,14-15H,3-4,6-7,9-10H2,1H3,(H,23,24)(H2,20,21,25). The van der Waals surface area contributed by atoms with Gasteiger partial charge >= 0.3 is 12.0 Å². The van der Waals surface area contributed by atoms with Crippen molar-refractivity contribution in [3.63, 3.8) is 0 Å². The van der Waals surface area contributed by atoms with Gasteiger partial charge in [0.1, 0.15) is 0 Å². The third kappa shape index (κ3) is 5.09. The molecule has 2 aliphatic carbocycles. The number of hydrogen-bond acceptors (Lipinski definition) is 3. The van der Waals surface area contributed by atoms with Crippen LogP contribution in [0.5, 0.6) is 0 Å². The molecule has 2 aliphatic rings. The molecular weight excluding hydrogens is 342 g/mol. The van der Waals surface area contributed by atoms with Crippen molar-refractivity contribution < 1.29 is 14.7 Å². The van der Waals surface area contributed by atoms with Crippen molar-refractivity contribution in [2.24, 2.45) is 5.92 Å². The number of halogens is 1. The van der Waals surface area contributed by atoms with E-state index in [1.165, 1.54) is 12.8 Å². The van der Waals surface area contributed by atoms with Gasteiger partial charge in [-0.3, -0.25) is 9.69 Å². The first-order valence-electron chi connectivity index (χ1n) is 8.70. The molecule has 3 rings (SSSR count). The van der Waals surface area contributed by atoms with Crippen LogP contribution in [-0.2, 0) is 4.79 Å². The first kappa shape index (κ1) is 18.0.